The Hall–Kier alpha value is 1.30. The Balaban J connectivity index is -0.000000218. The molecule has 5 heteroatoms. The van der Waals surface area contributed by atoms with E-state index in [0.29, 0.717) is 6.86 Å². The minimum atomic E-state index is -0.182. The second-order valence-electron chi connectivity index (χ2n) is 4.62. The Labute approximate surface area is 102 Å². The molecule has 0 aromatic carbocycles. The summed E-state index contributed by atoms with van der Waals surface area (Å²) in [6.45, 7) is 14.2. The summed E-state index contributed by atoms with van der Waals surface area (Å²) in [6.07, 6.45) is 0. The number of rotatable bonds is 0. The summed E-state index contributed by atoms with van der Waals surface area (Å²) in [5.74, 6) is 0. The van der Waals surface area contributed by atoms with Crippen molar-refractivity contribution in [1.82, 2.24) is 0 Å². The van der Waals surface area contributed by atoms with Crippen molar-refractivity contribution >= 4 is 44.9 Å². The van der Waals surface area contributed by atoms with E-state index in [2.05, 4.69) is 65.3 Å². The second-order valence-corrected chi connectivity index (χ2v) is 13.9. The van der Waals surface area contributed by atoms with Gasteiger partial charge in [0.1, 0.15) is 0 Å². The zero-order valence-corrected chi connectivity index (χ0v) is 13.4. The van der Waals surface area contributed by atoms with Crippen molar-refractivity contribution in [3.63, 3.8) is 0 Å². The van der Waals surface area contributed by atoms with Crippen molar-refractivity contribution < 1.29 is 9.32 Å². The average Bonchev–Trinajstić information content (AvgIpc) is 1.88. The van der Waals surface area contributed by atoms with Crippen LogP contribution < -0.4 is 9.32 Å². The summed E-state index contributed by atoms with van der Waals surface area (Å²) >= 11 is 6.60. The molecule has 13 heavy (non-hydrogen) atoms. The molecule has 0 saturated carbocycles. The van der Waals surface area contributed by atoms with E-state index in [4.69, 9.17) is 9.32 Å². The maximum Gasteiger partial charge on any atom is -0.231 e. The monoisotopic (exact) mass is 336 g/mol. The third-order valence-corrected chi connectivity index (χ3v) is 5.03. The summed E-state index contributed by atoms with van der Waals surface area (Å²) in [7, 11) is 0. The first-order valence-corrected chi connectivity index (χ1v) is 7.28. The molecule has 0 bridgehead atoms. The van der Waals surface area contributed by atoms with Gasteiger partial charge in [-0.2, -0.15) is 0 Å². The quantitative estimate of drug-likeness (QED) is 0.637. The minimum absolute atomic E-state index is 0.182. The largest absolute Gasteiger partial charge is 0.769 e. The molecule has 0 aliphatic rings. The van der Waals surface area contributed by atoms with Crippen LogP contribution >= 0.6 is 23.7 Å². The third kappa shape index (κ3) is 31.9. The molecule has 0 atom stereocenters. The molecule has 0 fully saturated rings. The van der Waals surface area contributed by atoms with Gasteiger partial charge in [-0.25, -0.2) is 23.7 Å². The van der Waals surface area contributed by atoms with Gasteiger partial charge in [-0.15, -0.1) is 0 Å². The van der Waals surface area contributed by atoms with Gasteiger partial charge < -0.3 is 9.32 Å². The zero-order chi connectivity index (χ0) is 11.7. The van der Waals surface area contributed by atoms with Crippen LogP contribution in [0.5, 0.6) is 0 Å². The maximum absolute atomic E-state index is 7.72. The zero-order valence-electron chi connectivity index (χ0n) is 9.07. The Morgan fingerprint density at radius 2 is 0.846 bits per heavy atom. The van der Waals surface area contributed by atoms with Crippen LogP contribution in [0.1, 0.15) is 41.5 Å². The fraction of sp³-hybridized carbons (Fsp3) is 1.00. The molecule has 0 amide bonds. The molecule has 0 spiro atoms. The van der Waals surface area contributed by atoms with Crippen LogP contribution in [0.15, 0.2) is 0 Å². The molecule has 0 aliphatic carbocycles. The summed E-state index contributed by atoms with van der Waals surface area (Å²) in [5.41, 5.74) is 0. The first kappa shape index (κ1) is 19.8. The van der Waals surface area contributed by atoms with Crippen molar-refractivity contribution in [1.29, 1.82) is 0 Å². The Kier molecular flexibility index (Phi) is 15.0. The molecule has 0 unspecified atom stereocenters. The second kappa shape index (κ2) is 9.84. The smallest absolute Gasteiger partial charge is 0.231 e. The van der Waals surface area contributed by atoms with Gasteiger partial charge in [0.05, 0.1) is 0 Å². The molecule has 0 radical (unpaired) electrons. The standard InChI is InChI=1S/2C4H9.2ClO.Sn/c2*1-4(2)3;2*1-2;/h2*1-3H3;;;/q;;2*-1;+2. The third-order valence-electron chi connectivity index (χ3n) is 0.750. The topological polar surface area (TPSA) is 46.1 Å². The molecule has 0 N–H and O–H groups in total. The first-order chi connectivity index (χ1) is 5.71. The van der Waals surface area contributed by atoms with Crippen LogP contribution in [0, 0.1) is 0 Å². The molecule has 0 saturated heterocycles. The fourth-order valence-electron chi connectivity index (χ4n) is 1.12. The Morgan fingerprint density at radius 3 is 0.846 bits per heavy atom. The van der Waals surface area contributed by atoms with Crippen LogP contribution in [-0.4, -0.2) is 21.1 Å². The van der Waals surface area contributed by atoms with Gasteiger partial charge in [-0.3, -0.25) is 0 Å². The molecule has 0 aromatic heterocycles. The molecular formula is C8H18Cl2O2Sn. The summed E-state index contributed by atoms with van der Waals surface area (Å²) in [5, 5.41) is 0. The van der Waals surface area contributed by atoms with Gasteiger partial charge in [-0.05, 0) is 0 Å². The van der Waals surface area contributed by atoms with Crippen molar-refractivity contribution in [3.8, 4) is 0 Å². The molecule has 0 heterocycles. The van der Waals surface area contributed by atoms with Crippen molar-refractivity contribution in [2.45, 2.75) is 48.4 Å². The van der Waals surface area contributed by atoms with E-state index in [0.717, 1.165) is 0 Å². The van der Waals surface area contributed by atoms with Gasteiger partial charge >= 0.3 is 69.5 Å². The van der Waals surface area contributed by atoms with Crippen molar-refractivity contribution in [2.75, 3.05) is 0 Å². The molecule has 2 nitrogen and oxygen atoms in total. The predicted octanol–water partition coefficient (Wildman–Crippen LogP) is 2.13. The Morgan fingerprint density at radius 1 is 0.692 bits per heavy atom. The van der Waals surface area contributed by atoms with Crippen molar-refractivity contribution in [2.24, 2.45) is 0 Å². The van der Waals surface area contributed by atoms with E-state index in [1.165, 1.54) is 0 Å². The van der Waals surface area contributed by atoms with Crippen LogP contribution in [0.25, 0.3) is 0 Å². The van der Waals surface area contributed by atoms with Crippen LogP contribution in [0.3, 0.4) is 0 Å². The predicted molar refractivity (Wildman–Crippen MR) is 56.9 cm³/mol. The molecule has 0 rings (SSSR count). The summed E-state index contributed by atoms with van der Waals surface area (Å²) < 4.78 is 16.8. The summed E-state index contributed by atoms with van der Waals surface area (Å²) in [4.78, 5) is 0. The van der Waals surface area contributed by atoms with E-state index >= 15 is 0 Å². The molecule has 80 valence electrons. The van der Waals surface area contributed by atoms with E-state index < -0.39 is 0 Å². The van der Waals surface area contributed by atoms with E-state index in [1.807, 2.05) is 0 Å². The van der Waals surface area contributed by atoms with Gasteiger partial charge in [0.2, 0.25) is 0 Å². The van der Waals surface area contributed by atoms with E-state index in [1.54, 1.807) is 0 Å². The summed E-state index contributed by atoms with van der Waals surface area (Å²) in [6, 6.07) is 0. The number of halogens is 2. The minimum Gasteiger partial charge on any atom is -0.769 e. The van der Waals surface area contributed by atoms with Gasteiger partial charge in [0.25, 0.3) is 0 Å². The molecular weight excluding hydrogens is 318 g/mol. The van der Waals surface area contributed by atoms with Crippen LogP contribution in [0.2, 0.25) is 6.86 Å². The van der Waals surface area contributed by atoms with Gasteiger partial charge in [-0.1, -0.05) is 0 Å². The van der Waals surface area contributed by atoms with E-state index in [9.17, 15) is 0 Å². The first-order valence-electron chi connectivity index (χ1n) is 3.81. The molecule has 0 aromatic rings. The normalized spacial score (nSPS) is 10.0. The van der Waals surface area contributed by atoms with Crippen molar-refractivity contribution in [3.05, 3.63) is 0 Å². The fourth-order valence-corrected chi connectivity index (χ4v) is 7.55. The van der Waals surface area contributed by atoms with E-state index in [-0.39, 0.29) is 21.1 Å². The Bertz CT molecular complexity index is 85.3. The number of hydrogen-bond acceptors (Lipinski definition) is 2. The van der Waals surface area contributed by atoms with Gasteiger partial charge in [0.15, 0.2) is 0 Å². The van der Waals surface area contributed by atoms with Crippen LogP contribution in [0.4, 0.5) is 0 Å². The SMILES string of the molecule is C[C](C)(C)[Sn+2][C](C)(C)C.[O-]Cl.[O-]Cl. The average molecular weight is 336 g/mol. The van der Waals surface area contributed by atoms with Gasteiger partial charge in [0, 0.05) is 0 Å². The van der Waals surface area contributed by atoms with Crippen LogP contribution in [-0.2, 0) is 0 Å². The number of hydrogen-bond donors (Lipinski definition) is 0. The molecule has 0 aliphatic heterocycles. The maximum atomic E-state index is 7.72.